The lowest BCUT2D eigenvalue weighted by Crippen LogP contribution is -2.35. The van der Waals surface area contributed by atoms with Crippen LogP contribution in [-0.4, -0.2) is 27.2 Å². The van der Waals surface area contributed by atoms with Gasteiger partial charge in [-0.05, 0) is 17.7 Å². The van der Waals surface area contributed by atoms with Crippen LogP contribution in [-0.2, 0) is 11.3 Å². The molecular weight excluding hydrogens is 294 g/mol. The van der Waals surface area contributed by atoms with Crippen molar-refractivity contribution in [1.29, 1.82) is 0 Å². The largest absolute Gasteiger partial charge is 0.394 e. The molecule has 0 unspecified atom stereocenters. The summed E-state index contributed by atoms with van der Waals surface area (Å²) < 4.78 is 1.38. The third-order valence-electron chi connectivity index (χ3n) is 3.70. The summed E-state index contributed by atoms with van der Waals surface area (Å²) in [7, 11) is 0. The Hall–Kier alpha value is -2.86. The van der Waals surface area contributed by atoms with E-state index in [0.717, 1.165) is 5.56 Å². The average Bonchev–Trinajstić information content (AvgIpc) is 2.89. The highest BCUT2D eigenvalue weighted by molar-refractivity contribution is 5.80. The molecule has 6 nitrogen and oxygen atoms in total. The number of rotatable bonds is 5. The smallest absolute Gasteiger partial charge is 0.326 e. The number of H-pyrrole nitrogens is 1. The van der Waals surface area contributed by atoms with Crippen LogP contribution < -0.4 is 11.0 Å². The fourth-order valence-electron chi connectivity index (χ4n) is 2.57. The van der Waals surface area contributed by atoms with Gasteiger partial charge in [0.1, 0.15) is 6.54 Å². The van der Waals surface area contributed by atoms with Crippen molar-refractivity contribution in [3.63, 3.8) is 0 Å². The molecule has 6 heteroatoms. The Morgan fingerprint density at radius 1 is 1.13 bits per heavy atom. The van der Waals surface area contributed by atoms with Gasteiger partial charge in [0.25, 0.3) is 0 Å². The second-order valence-corrected chi connectivity index (χ2v) is 5.25. The lowest BCUT2D eigenvalue weighted by atomic mass is 10.1. The van der Waals surface area contributed by atoms with Gasteiger partial charge in [0.2, 0.25) is 5.91 Å². The highest BCUT2D eigenvalue weighted by atomic mass is 16.3. The van der Waals surface area contributed by atoms with Crippen molar-refractivity contribution in [1.82, 2.24) is 14.9 Å². The third kappa shape index (κ3) is 3.17. The maximum absolute atomic E-state index is 12.3. The number of imidazole rings is 1. The number of fused-ring (bicyclic) bond motifs is 1. The number of hydrogen-bond donors (Lipinski definition) is 3. The molecular formula is C17H17N3O3. The molecule has 3 N–H and O–H groups in total. The molecule has 3 aromatic rings. The zero-order valence-corrected chi connectivity index (χ0v) is 12.4. The van der Waals surface area contributed by atoms with Crippen molar-refractivity contribution in [3.05, 3.63) is 70.6 Å². The summed E-state index contributed by atoms with van der Waals surface area (Å²) in [6, 6.07) is 15.9. The highest BCUT2D eigenvalue weighted by Gasteiger charge is 2.15. The fraction of sp³-hybridized carbons (Fsp3) is 0.176. The number of benzene rings is 2. The molecule has 1 atom stereocenters. The number of carbonyl (C=O) groups excluding carboxylic acids is 1. The van der Waals surface area contributed by atoms with Crippen LogP contribution in [0.25, 0.3) is 11.0 Å². The molecule has 118 valence electrons. The zero-order valence-electron chi connectivity index (χ0n) is 12.4. The molecule has 2 aromatic carbocycles. The van der Waals surface area contributed by atoms with E-state index in [1.54, 1.807) is 12.1 Å². The van der Waals surface area contributed by atoms with E-state index < -0.39 is 6.04 Å². The molecule has 3 rings (SSSR count). The number of aliphatic hydroxyl groups excluding tert-OH is 1. The summed E-state index contributed by atoms with van der Waals surface area (Å²) in [5.74, 6) is -0.334. The second-order valence-electron chi connectivity index (χ2n) is 5.25. The van der Waals surface area contributed by atoms with Crippen molar-refractivity contribution in [2.75, 3.05) is 6.61 Å². The van der Waals surface area contributed by atoms with Crippen LogP contribution in [0.4, 0.5) is 0 Å². The number of aromatic nitrogens is 2. The molecule has 0 fully saturated rings. The van der Waals surface area contributed by atoms with E-state index in [4.69, 9.17) is 0 Å². The van der Waals surface area contributed by atoms with E-state index in [0.29, 0.717) is 11.0 Å². The SMILES string of the molecule is O=C(Cn1c(=O)[nH]c2ccccc21)N[C@H](CO)c1ccccc1. The minimum absolute atomic E-state index is 0.105. The molecule has 0 bridgehead atoms. The van der Waals surface area contributed by atoms with E-state index in [9.17, 15) is 14.7 Å². The molecule has 0 aliphatic heterocycles. The number of carbonyl (C=O) groups is 1. The number of hydrogen-bond acceptors (Lipinski definition) is 3. The zero-order chi connectivity index (χ0) is 16.2. The topological polar surface area (TPSA) is 87.1 Å². The standard InChI is InChI=1S/C17H17N3O3/c21-11-14(12-6-2-1-3-7-12)18-16(22)10-20-15-9-5-4-8-13(15)19-17(20)23/h1-9,14,21H,10-11H2,(H,18,22)(H,19,23)/t14-/m1/s1. The fourth-order valence-corrected chi connectivity index (χ4v) is 2.57. The lowest BCUT2D eigenvalue weighted by molar-refractivity contribution is -0.122. The van der Waals surface area contributed by atoms with Crippen molar-refractivity contribution < 1.29 is 9.90 Å². The summed E-state index contributed by atoms with van der Waals surface area (Å²) in [6.45, 7) is -0.315. The molecule has 0 radical (unpaired) electrons. The van der Waals surface area contributed by atoms with Crippen LogP contribution in [0, 0.1) is 0 Å². The predicted molar refractivity (Wildman–Crippen MR) is 87.0 cm³/mol. The Morgan fingerprint density at radius 3 is 2.57 bits per heavy atom. The monoisotopic (exact) mass is 311 g/mol. The normalized spacial score (nSPS) is 12.2. The number of aliphatic hydroxyl groups is 1. The van der Waals surface area contributed by atoms with E-state index in [-0.39, 0.29) is 24.7 Å². The third-order valence-corrected chi connectivity index (χ3v) is 3.70. The number of para-hydroxylation sites is 2. The van der Waals surface area contributed by atoms with Gasteiger partial charge in [-0.25, -0.2) is 4.79 Å². The Bertz CT molecular complexity index is 867. The first kappa shape index (κ1) is 15.1. The van der Waals surface area contributed by atoms with Crippen LogP contribution in [0.3, 0.4) is 0 Å². The van der Waals surface area contributed by atoms with E-state index >= 15 is 0 Å². The summed E-state index contributed by atoms with van der Waals surface area (Å²) in [4.78, 5) is 26.9. The van der Waals surface area contributed by atoms with Gasteiger partial charge in [-0.15, -0.1) is 0 Å². The maximum Gasteiger partial charge on any atom is 0.326 e. The summed E-state index contributed by atoms with van der Waals surface area (Å²) >= 11 is 0. The lowest BCUT2D eigenvalue weighted by Gasteiger charge is -2.16. The molecule has 1 heterocycles. The Morgan fingerprint density at radius 2 is 1.83 bits per heavy atom. The first-order valence-electron chi connectivity index (χ1n) is 7.32. The van der Waals surface area contributed by atoms with Crippen molar-refractivity contribution in [2.24, 2.45) is 0 Å². The molecule has 0 saturated heterocycles. The second kappa shape index (κ2) is 6.50. The van der Waals surface area contributed by atoms with Crippen LogP contribution in [0.2, 0.25) is 0 Å². The number of nitrogens with zero attached hydrogens (tertiary/aromatic N) is 1. The predicted octanol–water partition coefficient (Wildman–Crippen LogP) is 1.18. The van der Waals surface area contributed by atoms with Gasteiger partial charge in [0.15, 0.2) is 0 Å². The van der Waals surface area contributed by atoms with Crippen LogP contribution in [0.5, 0.6) is 0 Å². The number of aromatic amines is 1. The van der Waals surface area contributed by atoms with Crippen LogP contribution in [0.1, 0.15) is 11.6 Å². The summed E-state index contributed by atoms with van der Waals surface area (Å²) in [6.07, 6.45) is 0. The van der Waals surface area contributed by atoms with Crippen molar-refractivity contribution >= 4 is 16.9 Å². The molecule has 1 amide bonds. The Labute approximate surface area is 132 Å². The average molecular weight is 311 g/mol. The molecule has 0 spiro atoms. The molecule has 0 saturated carbocycles. The van der Waals surface area contributed by atoms with E-state index in [2.05, 4.69) is 10.3 Å². The van der Waals surface area contributed by atoms with Crippen LogP contribution >= 0.6 is 0 Å². The van der Waals surface area contributed by atoms with Gasteiger partial charge in [0.05, 0.1) is 23.7 Å². The summed E-state index contributed by atoms with van der Waals surface area (Å²) in [5.41, 5.74) is 1.84. The van der Waals surface area contributed by atoms with Gasteiger partial charge in [-0.1, -0.05) is 42.5 Å². The molecule has 23 heavy (non-hydrogen) atoms. The van der Waals surface area contributed by atoms with Crippen molar-refractivity contribution in [2.45, 2.75) is 12.6 Å². The first-order valence-corrected chi connectivity index (χ1v) is 7.32. The minimum atomic E-state index is -0.496. The Balaban J connectivity index is 1.78. The minimum Gasteiger partial charge on any atom is -0.394 e. The quantitative estimate of drug-likeness (QED) is 0.661. The molecule has 0 aliphatic rings. The molecule has 0 aliphatic carbocycles. The van der Waals surface area contributed by atoms with E-state index in [1.807, 2.05) is 42.5 Å². The first-order chi connectivity index (χ1) is 11.2. The van der Waals surface area contributed by atoms with Crippen molar-refractivity contribution in [3.8, 4) is 0 Å². The number of nitrogens with one attached hydrogen (secondary N) is 2. The summed E-state index contributed by atoms with van der Waals surface area (Å²) in [5, 5.41) is 12.2. The number of amides is 1. The Kier molecular flexibility index (Phi) is 4.25. The van der Waals surface area contributed by atoms with E-state index in [1.165, 1.54) is 4.57 Å². The van der Waals surface area contributed by atoms with Gasteiger partial charge < -0.3 is 15.4 Å². The van der Waals surface area contributed by atoms with Gasteiger partial charge in [-0.3, -0.25) is 9.36 Å². The molecule has 1 aromatic heterocycles. The van der Waals surface area contributed by atoms with Gasteiger partial charge in [0, 0.05) is 0 Å². The van der Waals surface area contributed by atoms with Crippen LogP contribution in [0.15, 0.2) is 59.4 Å². The highest BCUT2D eigenvalue weighted by Crippen LogP contribution is 2.12. The van der Waals surface area contributed by atoms with Gasteiger partial charge in [-0.2, -0.15) is 0 Å². The van der Waals surface area contributed by atoms with Gasteiger partial charge >= 0.3 is 5.69 Å². The maximum atomic E-state index is 12.3.